The molecule has 0 radical (unpaired) electrons. The van der Waals surface area contributed by atoms with Gasteiger partial charge in [0.05, 0.1) is 17.7 Å². The lowest BCUT2D eigenvalue weighted by molar-refractivity contribution is -0.156. The van der Waals surface area contributed by atoms with Crippen molar-refractivity contribution in [2.75, 3.05) is 6.61 Å². The highest BCUT2D eigenvalue weighted by molar-refractivity contribution is 5.84. The van der Waals surface area contributed by atoms with Gasteiger partial charge >= 0.3 is 5.97 Å². The number of benzene rings is 2. The van der Waals surface area contributed by atoms with Crippen molar-refractivity contribution in [2.24, 2.45) is 0 Å². The molecule has 3 rings (SSSR count). The Bertz CT molecular complexity index is 886. The number of nitriles is 1. The fraction of sp³-hybridized carbons (Fsp3) is 0.318. The second-order valence-electron chi connectivity index (χ2n) is 6.71. The van der Waals surface area contributed by atoms with Crippen molar-refractivity contribution in [3.63, 3.8) is 0 Å². The number of hydrogen-bond acceptors (Lipinski definition) is 5. The summed E-state index contributed by atoms with van der Waals surface area (Å²) < 4.78 is 10.5. The predicted octanol–water partition coefficient (Wildman–Crippen LogP) is 3.06. The second kappa shape index (κ2) is 9.05. The summed E-state index contributed by atoms with van der Waals surface area (Å²) in [4.78, 5) is 24.4. The predicted molar refractivity (Wildman–Crippen MR) is 102 cm³/mol. The number of nitrogens with one attached hydrogen (secondary N) is 1. The van der Waals surface area contributed by atoms with Crippen molar-refractivity contribution < 1.29 is 19.1 Å². The Labute approximate surface area is 164 Å². The summed E-state index contributed by atoms with van der Waals surface area (Å²) in [6, 6.07) is 16.4. The van der Waals surface area contributed by atoms with E-state index in [9.17, 15) is 9.59 Å². The molecule has 6 heteroatoms. The van der Waals surface area contributed by atoms with E-state index in [2.05, 4.69) is 11.4 Å². The van der Waals surface area contributed by atoms with Crippen LogP contribution in [-0.4, -0.2) is 24.6 Å². The summed E-state index contributed by atoms with van der Waals surface area (Å²) in [5.41, 5.74) is 2.88. The molecule has 6 nitrogen and oxygen atoms in total. The number of carbonyl (C=O) groups is 2. The monoisotopic (exact) mass is 378 g/mol. The van der Waals surface area contributed by atoms with Crippen LogP contribution in [0.25, 0.3) is 0 Å². The van der Waals surface area contributed by atoms with Crippen molar-refractivity contribution in [1.82, 2.24) is 5.32 Å². The number of rotatable bonds is 6. The molecule has 0 spiro atoms. The van der Waals surface area contributed by atoms with Gasteiger partial charge in [-0.1, -0.05) is 24.3 Å². The van der Waals surface area contributed by atoms with Crippen LogP contribution in [0.4, 0.5) is 0 Å². The average Bonchev–Trinajstić information content (AvgIpc) is 2.73. The average molecular weight is 378 g/mol. The molecule has 2 aromatic rings. The van der Waals surface area contributed by atoms with E-state index in [4.69, 9.17) is 14.7 Å². The molecule has 0 saturated carbocycles. The van der Waals surface area contributed by atoms with Crippen LogP contribution in [0, 0.1) is 11.3 Å². The first-order valence-electron chi connectivity index (χ1n) is 9.27. The molecule has 2 unspecified atom stereocenters. The summed E-state index contributed by atoms with van der Waals surface area (Å²) in [6.45, 7) is 1.24. The summed E-state index contributed by atoms with van der Waals surface area (Å²) in [5, 5.41) is 11.7. The minimum Gasteiger partial charge on any atom is -0.482 e. The fourth-order valence-electron chi connectivity index (χ4n) is 3.25. The molecule has 0 aromatic heterocycles. The van der Waals surface area contributed by atoms with E-state index in [1.807, 2.05) is 24.3 Å². The fourth-order valence-corrected chi connectivity index (χ4v) is 3.25. The topological polar surface area (TPSA) is 88.4 Å². The third kappa shape index (κ3) is 4.89. The minimum atomic E-state index is -0.911. The van der Waals surface area contributed by atoms with E-state index in [-0.39, 0.29) is 18.6 Å². The van der Waals surface area contributed by atoms with Gasteiger partial charge in [-0.2, -0.15) is 5.26 Å². The molecule has 0 aliphatic heterocycles. The van der Waals surface area contributed by atoms with Crippen LogP contribution >= 0.6 is 0 Å². The van der Waals surface area contributed by atoms with Crippen molar-refractivity contribution in [3.05, 3.63) is 65.2 Å². The van der Waals surface area contributed by atoms with Gasteiger partial charge in [-0.3, -0.25) is 4.79 Å². The molecular weight excluding hydrogens is 356 g/mol. The molecule has 0 bridgehead atoms. The lowest BCUT2D eigenvalue weighted by Gasteiger charge is -2.27. The van der Waals surface area contributed by atoms with Crippen molar-refractivity contribution in [2.45, 2.75) is 38.3 Å². The van der Waals surface area contributed by atoms with E-state index in [1.54, 1.807) is 31.2 Å². The number of nitrogens with zero attached hydrogens (tertiary/aromatic N) is 1. The maximum absolute atomic E-state index is 12.4. The number of carbonyl (C=O) groups excluding carboxylic acids is 2. The van der Waals surface area contributed by atoms with Gasteiger partial charge in [-0.25, -0.2) is 4.79 Å². The van der Waals surface area contributed by atoms with Crippen molar-refractivity contribution in [3.8, 4) is 11.8 Å². The highest BCUT2D eigenvalue weighted by Crippen LogP contribution is 2.29. The van der Waals surface area contributed by atoms with Crippen LogP contribution in [0.1, 0.15) is 42.5 Å². The highest BCUT2D eigenvalue weighted by Gasteiger charge is 2.25. The molecule has 1 aliphatic carbocycles. The third-order valence-electron chi connectivity index (χ3n) is 4.70. The van der Waals surface area contributed by atoms with Gasteiger partial charge in [0.25, 0.3) is 5.91 Å². The molecule has 1 N–H and O–H groups in total. The zero-order valence-corrected chi connectivity index (χ0v) is 15.7. The molecule has 1 aliphatic rings. The number of ether oxygens (including phenoxy) is 2. The zero-order chi connectivity index (χ0) is 19.9. The van der Waals surface area contributed by atoms with Gasteiger partial charge in [0, 0.05) is 0 Å². The molecule has 144 valence electrons. The van der Waals surface area contributed by atoms with Gasteiger partial charge in [0.15, 0.2) is 12.7 Å². The number of amides is 1. The largest absolute Gasteiger partial charge is 0.482 e. The number of hydrogen-bond donors (Lipinski definition) is 1. The van der Waals surface area contributed by atoms with Crippen molar-refractivity contribution >= 4 is 11.9 Å². The van der Waals surface area contributed by atoms with E-state index >= 15 is 0 Å². The van der Waals surface area contributed by atoms with Crippen LogP contribution in [0.15, 0.2) is 48.5 Å². The molecule has 2 aromatic carbocycles. The first kappa shape index (κ1) is 19.4. The molecular formula is C22H22N2O4. The van der Waals surface area contributed by atoms with E-state index in [0.29, 0.717) is 11.3 Å². The Hall–Kier alpha value is -3.33. The Morgan fingerprint density at radius 1 is 1.21 bits per heavy atom. The van der Waals surface area contributed by atoms with E-state index in [0.717, 1.165) is 24.8 Å². The number of fused-ring (bicyclic) bond motifs is 1. The number of esters is 1. The Balaban J connectivity index is 1.48. The summed E-state index contributed by atoms with van der Waals surface area (Å²) in [7, 11) is 0. The molecule has 1 amide bonds. The molecule has 0 heterocycles. The Kier molecular flexibility index (Phi) is 6.28. The number of aryl methyl sites for hydroxylation is 1. The maximum Gasteiger partial charge on any atom is 0.344 e. The lowest BCUT2D eigenvalue weighted by Crippen LogP contribution is -2.39. The summed E-state index contributed by atoms with van der Waals surface area (Å²) in [5.74, 6) is -0.503. The SMILES string of the molecule is CC(OC(=O)COc1ccc(C#N)cc1)C(=O)NC1CCCc2ccccc21. The second-order valence-corrected chi connectivity index (χ2v) is 6.71. The van der Waals surface area contributed by atoms with Crippen LogP contribution < -0.4 is 10.1 Å². The molecule has 2 atom stereocenters. The van der Waals surface area contributed by atoms with Gasteiger partial charge in [0.1, 0.15) is 5.75 Å². The molecule has 0 fully saturated rings. The normalized spacial score (nSPS) is 16.2. The van der Waals surface area contributed by atoms with Crippen LogP contribution in [-0.2, 0) is 20.7 Å². The first-order valence-corrected chi connectivity index (χ1v) is 9.27. The molecule has 0 saturated heterocycles. The highest BCUT2D eigenvalue weighted by atomic mass is 16.6. The van der Waals surface area contributed by atoms with E-state index in [1.165, 1.54) is 5.56 Å². The first-order chi connectivity index (χ1) is 13.6. The molecule has 28 heavy (non-hydrogen) atoms. The Morgan fingerprint density at radius 3 is 2.71 bits per heavy atom. The summed E-state index contributed by atoms with van der Waals surface area (Å²) in [6.07, 6.45) is 1.98. The third-order valence-corrected chi connectivity index (χ3v) is 4.70. The van der Waals surface area contributed by atoms with Gasteiger partial charge in [-0.15, -0.1) is 0 Å². The van der Waals surface area contributed by atoms with Gasteiger partial charge in [0.2, 0.25) is 0 Å². The summed E-state index contributed by atoms with van der Waals surface area (Å²) >= 11 is 0. The van der Waals surface area contributed by atoms with Crippen LogP contribution in [0.3, 0.4) is 0 Å². The van der Waals surface area contributed by atoms with Gasteiger partial charge in [-0.05, 0) is 61.6 Å². The maximum atomic E-state index is 12.4. The minimum absolute atomic E-state index is 0.0616. The van der Waals surface area contributed by atoms with Crippen LogP contribution in [0.5, 0.6) is 5.75 Å². The standard InChI is InChI=1S/C22H22N2O4/c1-15(28-21(25)14-27-18-11-9-16(13-23)10-12-18)22(26)24-20-8-4-6-17-5-2-3-7-19(17)20/h2-3,5,7,9-12,15,20H,4,6,8,14H2,1H3,(H,24,26). The smallest absolute Gasteiger partial charge is 0.344 e. The zero-order valence-electron chi connectivity index (χ0n) is 15.7. The van der Waals surface area contributed by atoms with Crippen LogP contribution in [0.2, 0.25) is 0 Å². The van der Waals surface area contributed by atoms with E-state index < -0.39 is 12.1 Å². The van der Waals surface area contributed by atoms with Gasteiger partial charge < -0.3 is 14.8 Å². The lowest BCUT2D eigenvalue weighted by atomic mass is 9.87. The van der Waals surface area contributed by atoms with Crippen molar-refractivity contribution in [1.29, 1.82) is 5.26 Å². The quantitative estimate of drug-likeness (QED) is 0.781. The Morgan fingerprint density at radius 2 is 1.96 bits per heavy atom.